The van der Waals surface area contributed by atoms with Gasteiger partial charge in [0.1, 0.15) is 68.7 Å². The highest BCUT2D eigenvalue weighted by Crippen LogP contribution is 2.30. The number of hydrogen-bond donors (Lipinski definition) is 6. The first-order chi connectivity index (χ1) is 19.2. The van der Waals surface area contributed by atoms with Crippen molar-refractivity contribution in [2.45, 2.75) is 101 Å². The van der Waals surface area contributed by atoms with Gasteiger partial charge in [-0.1, -0.05) is 0 Å². The van der Waals surface area contributed by atoms with E-state index in [0.717, 1.165) is 0 Å². The molecule has 238 valence electrons. The lowest BCUT2D eigenvalue weighted by Gasteiger charge is -2.45. The lowest BCUT2D eigenvalue weighted by atomic mass is 9.97. The van der Waals surface area contributed by atoms with Crippen LogP contribution in [-0.4, -0.2) is 155 Å². The van der Waals surface area contributed by atoms with Crippen molar-refractivity contribution in [3.05, 3.63) is 0 Å². The minimum absolute atomic E-state index is 0.162. The molecule has 6 N–H and O–H groups in total. The molecular weight excluding hydrogens is 560 g/mol. The summed E-state index contributed by atoms with van der Waals surface area (Å²) in [5.74, 6) is -4.09. The molecule has 0 aliphatic carbocycles. The first-order valence-electron chi connectivity index (χ1n) is 12.9. The maximum absolute atomic E-state index is 11.2. The van der Waals surface area contributed by atoms with Gasteiger partial charge in [-0.3, -0.25) is 0 Å². The lowest BCUT2D eigenvalue weighted by molar-refractivity contribution is -0.342. The van der Waals surface area contributed by atoms with Gasteiger partial charge < -0.3 is 68.5 Å². The smallest absolute Gasteiger partial charge is 0.329 e. The third-order valence-electron chi connectivity index (χ3n) is 5.88. The normalized spacial score (nSPS) is 34.2. The summed E-state index contributed by atoms with van der Waals surface area (Å²) in [6, 6.07) is 0. The predicted molar refractivity (Wildman–Crippen MR) is 131 cm³/mol. The molecule has 41 heavy (non-hydrogen) atoms. The van der Waals surface area contributed by atoms with Crippen molar-refractivity contribution in [1.29, 1.82) is 0 Å². The molecule has 0 radical (unpaired) electrons. The van der Waals surface area contributed by atoms with E-state index in [2.05, 4.69) is 0 Å². The van der Waals surface area contributed by atoms with E-state index in [9.17, 15) is 29.7 Å². The van der Waals surface area contributed by atoms with Crippen LogP contribution < -0.4 is 0 Å². The van der Waals surface area contributed by atoms with Gasteiger partial charge >= 0.3 is 17.9 Å². The van der Waals surface area contributed by atoms with Crippen LogP contribution >= 0.6 is 0 Å². The fraction of sp³-hybridized carbons (Fsp3) is 0.875. The average Bonchev–Trinajstić information content (AvgIpc) is 2.86. The van der Waals surface area contributed by atoms with Crippen molar-refractivity contribution in [2.75, 3.05) is 33.0 Å². The van der Waals surface area contributed by atoms with Crippen molar-refractivity contribution >= 4 is 17.9 Å². The molecule has 0 aromatic carbocycles. The van der Waals surface area contributed by atoms with Crippen LogP contribution in [0, 0.1) is 0 Å². The van der Waals surface area contributed by atoms with E-state index in [4.69, 9.17) is 53.2 Å². The van der Waals surface area contributed by atoms with Crippen molar-refractivity contribution in [1.82, 2.24) is 0 Å². The van der Waals surface area contributed by atoms with Crippen LogP contribution in [0.15, 0.2) is 0 Å². The topological polar surface area (TPSA) is 246 Å². The maximum Gasteiger partial charge on any atom is 0.329 e. The van der Waals surface area contributed by atoms with Crippen molar-refractivity contribution in [2.24, 2.45) is 0 Å². The van der Waals surface area contributed by atoms with Crippen LogP contribution in [0.25, 0.3) is 0 Å². The molecule has 17 nitrogen and oxygen atoms in total. The monoisotopic (exact) mass is 600 g/mol. The van der Waals surface area contributed by atoms with Gasteiger partial charge in [0.2, 0.25) is 0 Å². The summed E-state index contributed by atoms with van der Waals surface area (Å²) in [6.45, 7) is 3.53. The Kier molecular flexibility index (Phi) is 14.2. The molecule has 0 unspecified atom stereocenters. The molecule has 17 heteroatoms. The summed E-state index contributed by atoms with van der Waals surface area (Å²) in [4.78, 5) is 33.4. The molecule has 2 fully saturated rings. The van der Waals surface area contributed by atoms with Gasteiger partial charge in [-0.05, 0) is 27.7 Å². The molecule has 0 aromatic rings. The van der Waals surface area contributed by atoms with Gasteiger partial charge in [-0.2, -0.15) is 0 Å². The van der Waals surface area contributed by atoms with E-state index in [1.165, 1.54) is 0 Å². The van der Waals surface area contributed by atoms with Crippen LogP contribution in [0.3, 0.4) is 0 Å². The number of rotatable bonds is 17. The molecule has 2 saturated heterocycles. The Morgan fingerprint density at radius 1 is 0.610 bits per heavy atom. The molecule has 2 aliphatic rings. The fourth-order valence-electron chi connectivity index (χ4n) is 4.16. The highest BCUT2D eigenvalue weighted by Gasteiger charge is 2.50. The first-order valence-corrected chi connectivity index (χ1v) is 12.9. The van der Waals surface area contributed by atoms with Crippen LogP contribution in [0.2, 0.25) is 0 Å². The molecule has 0 saturated carbocycles. The standard InChI is InChI=1S/C24H40O17/c1-10(2)34-5-12-17(31)21(36-8-15(27)28)18(32)23(40-12)38-6-13-20(35-7-14(25)26)22(37-9-16(29)30)19(33)24(41-13)39-11(3)4/h10-13,17-24,31-33H,5-9H2,1-4H3,(H,25,26)(H,27,28)(H,29,30)/t12-,13-,17-,18-,19-,20-,21+,22-,23+,24+/m1/s1. The second kappa shape index (κ2) is 16.6. The second-order valence-electron chi connectivity index (χ2n) is 9.97. The maximum atomic E-state index is 11.2. The van der Waals surface area contributed by atoms with Crippen LogP contribution in [0.5, 0.6) is 0 Å². The van der Waals surface area contributed by atoms with E-state index in [-0.39, 0.29) is 12.7 Å². The Morgan fingerprint density at radius 2 is 1.10 bits per heavy atom. The molecule has 10 atom stereocenters. The van der Waals surface area contributed by atoms with Gasteiger partial charge in [0, 0.05) is 0 Å². The van der Waals surface area contributed by atoms with E-state index < -0.39 is 112 Å². The number of carbonyl (C=O) groups is 3. The van der Waals surface area contributed by atoms with E-state index >= 15 is 0 Å². The molecule has 0 amide bonds. The zero-order valence-electron chi connectivity index (χ0n) is 23.1. The Labute approximate surface area is 235 Å². The van der Waals surface area contributed by atoms with Crippen LogP contribution in [0.4, 0.5) is 0 Å². The van der Waals surface area contributed by atoms with Gasteiger partial charge in [-0.15, -0.1) is 0 Å². The zero-order chi connectivity index (χ0) is 30.9. The number of ether oxygens (including phenoxy) is 8. The number of aliphatic hydroxyl groups is 3. The highest BCUT2D eigenvalue weighted by molar-refractivity contribution is 5.68. The van der Waals surface area contributed by atoms with E-state index in [1.54, 1.807) is 27.7 Å². The van der Waals surface area contributed by atoms with Gasteiger partial charge in [0.15, 0.2) is 12.6 Å². The summed E-state index contributed by atoms with van der Waals surface area (Å²) in [6.07, 6.45) is -15.1. The SMILES string of the molecule is CC(C)OC[C@H]1O[C@H](OC[C@H]2O[C@H](OC(C)C)[C@H](O)[C@@H](OCC(=O)O)[C@@H]2OCC(=O)O)[C@H](O)[C@@H](OCC(=O)O)[C@@H]1O. The molecule has 0 aromatic heterocycles. The van der Waals surface area contributed by atoms with Crippen LogP contribution in [0.1, 0.15) is 27.7 Å². The molecule has 2 rings (SSSR count). The average molecular weight is 601 g/mol. The minimum Gasteiger partial charge on any atom is -0.480 e. The Hall–Kier alpha value is -2.03. The van der Waals surface area contributed by atoms with Gasteiger partial charge in [-0.25, -0.2) is 14.4 Å². The Balaban J connectivity index is 2.29. The van der Waals surface area contributed by atoms with Gasteiger partial charge in [0.05, 0.1) is 25.4 Å². The van der Waals surface area contributed by atoms with E-state index in [1.807, 2.05) is 0 Å². The summed E-state index contributed by atoms with van der Waals surface area (Å²) in [5.41, 5.74) is 0. The van der Waals surface area contributed by atoms with E-state index in [0.29, 0.717) is 0 Å². The van der Waals surface area contributed by atoms with Gasteiger partial charge in [0.25, 0.3) is 0 Å². The third-order valence-corrected chi connectivity index (χ3v) is 5.88. The summed E-state index contributed by atoms with van der Waals surface area (Å²) in [7, 11) is 0. The number of carboxylic acids is 3. The molecule has 0 bridgehead atoms. The van der Waals surface area contributed by atoms with Crippen LogP contribution in [-0.2, 0) is 52.3 Å². The predicted octanol–water partition coefficient (Wildman–Crippen LogP) is -2.21. The van der Waals surface area contributed by atoms with Crippen molar-refractivity contribution in [3.8, 4) is 0 Å². The molecule has 2 aliphatic heterocycles. The number of aliphatic carboxylic acids is 3. The third kappa shape index (κ3) is 11.0. The fourth-order valence-corrected chi connectivity index (χ4v) is 4.16. The summed E-state index contributed by atoms with van der Waals surface area (Å²) in [5, 5.41) is 59.5. The van der Waals surface area contributed by atoms with Crippen molar-refractivity contribution < 1.29 is 82.9 Å². The Bertz CT molecular complexity index is 837. The first kappa shape index (κ1) is 35.2. The Morgan fingerprint density at radius 3 is 1.61 bits per heavy atom. The second-order valence-corrected chi connectivity index (χ2v) is 9.97. The lowest BCUT2D eigenvalue weighted by Crippen LogP contribution is -2.63. The molecular formula is C24H40O17. The molecule has 0 spiro atoms. The zero-order valence-corrected chi connectivity index (χ0v) is 23.1. The number of hydrogen-bond acceptors (Lipinski definition) is 14. The number of aliphatic hydroxyl groups excluding tert-OH is 3. The molecule has 2 heterocycles. The van der Waals surface area contributed by atoms with Crippen molar-refractivity contribution in [3.63, 3.8) is 0 Å². The number of carboxylic acid groups (broad SMARTS) is 3. The quantitative estimate of drug-likeness (QED) is 0.104. The largest absolute Gasteiger partial charge is 0.480 e. The summed E-state index contributed by atoms with van der Waals surface area (Å²) >= 11 is 0. The summed E-state index contributed by atoms with van der Waals surface area (Å²) < 4.78 is 44.2. The highest BCUT2D eigenvalue weighted by atomic mass is 16.7. The minimum atomic E-state index is -1.70.